The van der Waals surface area contributed by atoms with Crippen molar-refractivity contribution in [3.63, 3.8) is 0 Å². The SMILES string of the molecule is CC(C)(C)C(=O)C[N+]1([O-])CN(CC(=O)Nc2cccc(-c3nnn(COC(=O)C(C)(C)C)n3)c2)N=C(C2CCCC2)c2ccccc21. The molecule has 0 saturated heterocycles. The number of amides is 1. The summed E-state index contributed by atoms with van der Waals surface area (Å²) in [5.74, 6) is -0.460. The van der Waals surface area contributed by atoms with Crippen molar-refractivity contribution in [2.24, 2.45) is 21.8 Å². The van der Waals surface area contributed by atoms with Crippen LogP contribution in [0.5, 0.6) is 0 Å². The highest BCUT2D eigenvalue weighted by Gasteiger charge is 2.38. The zero-order chi connectivity index (χ0) is 34.0. The van der Waals surface area contributed by atoms with Crippen LogP contribution in [-0.4, -0.2) is 68.3 Å². The molecule has 0 radical (unpaired) electrons. The number of benzene rings is 2. The molecule has 47 heavy (non-hydrogen) atoms. The Balaban J connectivity index is 1.35. The smallest absolute Gasteiger partial charge is 0.313 e. The number of nitrogens with zero attached hydrogens (tertiary/aromatic N) is 7. The Bertz CT molecular complexity index is 1660. The molecule has 1 aromatic heterocycles. The molecule has 1 fully saturated rings. The van der Waals surface area contributed by atoms with Crippen LogP contribution in [0, 0.1) is 22.0 Å². The van der Waals surface area contributed by atoms with Gasteiger partial charge in [-0.1, -0.05) is 57.9 Å². The van der Waals surface area contributed by atoms with E-state index in [9.17, 15) is 19.6 Å². The Morgan fingerprint density at radius 2 is 1.72 bits per heavy atom. The summed E-state index contributed by atoms with van der Waals surface area (Å²) in [6.45, 7) is 9.88. The first-order valence-electron chi connectivity index (χ1n) is 16.0. The molecule has 0 bridgehead atoms. The lowest BCUT2D eigenvalue weighted by Crippen LogP contribution is -2.54. The maximum absolute atomic E-state index is 14.7. The molecule has 2 aliphatic rings. The summed E-state index contributed by atoms with van der Waals surface area (Å²) in [6.07, 6.45) is 4.06. The summed E-state index contributed by atoms with van der Waals surface area (Å²) < 4.78 is 4.33. The fraction of sp³-hybridized carbons (Fsp3) is 0.500. The predicted molar refractivity (Wildman–Crippen MR) is 178 cm³/mol. The third-order valence-corrected chi connectivity index (χ3v) is 8.34. The number of rotatable bonds is 9. The topological polar surface area (TPSA) is 155 Å². The summed E-state index contributed by atoms with van der Waals surface area (Å²) in [7, 11) is 0. The first kappa shape index (κ1) is 33.9. The van der Waals surface area contributed by atoms with Crippen molar-refractivity contribution in [2.75, 3.05) is 25.1 Å². The molecule has 1 amide bonds. The minimum absolute atomic E-state index is 0.161. The molecule has 13 heteroatoms. The van der Waals surface area contributed by atoms with Crippen molar-refractivity contribution in [2.45, 2.75) is 74.0 Å². The van der Waals surface area contributed by atoms with Gasteiger partial charge >= 0.3 is 5.97 Å². The van der Waals surface area contributed by atoms with E-state index in [1.165, 1.54) is 9.81 Å². The number of para-hydroxylation sites is 1. The molecule has 1 saturated carbocycles. The lowest BCUT2D eigenvalue weighted by Gasteiger charge is -2.44. The van der Waals surface area contributed by atoms with Crippen molar-refractivity contribution in [3.8, 4) is 11.4 Å². The maximum Gasteiger partial charge on any atom is 0.313 e. The van der Waals surface area contributed by atoms with E-state index in [-0.39, 0.29) is 50.1 Å². The van der Waals surface area contributed by atoms with Crippen LogP contribution < -0.4 is 9.96 Å². The highest BCUT2D eigenvalue weighted by Crippen LogP contribution is 2.37. The monoisotopic (exact) mass is 644 g/mol. The van der Waals surface area contributed by atoms with Gasteiger partial charge in [0.25, 0.3) is 0 Å². The predicted octanol–water partition coefficient (Wildman–Crippen LogP) is 5.11. The van der Waals surface area contributed by atoms with E-state index >= 15 is 0 Å². The molecule has 1 aliphatic heterocycles. The van der Waals surface area contributed by atoms with Gasteiger partial charge < -0.3 is 19.9 Å². The summed E-state index contributed by atoms with van der Waals surface area (Å²) in [5.41, 5.74) is 1.78. The molecule has 1 aliphatic carbocycles. The number of quaternary nitrogens is 1. The van der Waals surface area contributed by atoms with Crippen LogP contribution in [0.3, 0.4) is 0 Å². The van der Waals surface area contributed by atoms with Crippen LogP contribution in [-0.2, 0) is 25.9 Å². The van der Waals surface area contributed by atoms with E-state index < -0.39 is 15.5 Å². The van der Waals surface area contributed by atoms with E-state index in [2.05, 4.69) is 20.7 Å². The van der Waals surface area contributed by atoms with Gasteiger partial charge in [0.1, 0.15) is 18.8 Å². The lowest BCUT2D eigenvalue weighted by molar-refractivity contribution is -0.158. The quantitative estimate of drug-likeness (QED) is 0.190. The third kappa shape index (κ3) is 8.09. The fourth-order valence-electron chi connectivity index (χ4n) is 5.66. The normalized spacial score (nSPS) is 18.7. The molecule has 0 spiro atoms. The van der Waals surface area contributed by atoms with Gasteiger partial charge in [0.15, 0.2) is 12.5 Å². The van der Waals surface area contributed by atoms with Crippen LogP contribution in [0.2, 0.25) is 0 Å². The number of ether oxygens (including phenoxy) is 1. The van der Waals surface area contributed by atoms with Gasteiger partial charge in [-0.25, -0.2) is 5.01 Å². The number of ketones is 1. The molecule has 5 rings (SSSR count). The second-order valence-corrected chi connectivity index (χ2v) is 14.4. The van der Waals surface area contributed by atoms with Crippen LogP contribution in [0.25, 0.3) is 11.4 Å². The van der Waals surface area contributed by atoms with Gasteiger partial charge in [-0.05, 0) is 57.0 Å². The fourth-order valence-corrected chi connectivity index (χ4v) is 5.66. The van der Waals surface area contributed by atoms with Gasteiger partial charge in [0.05, 0.1) is 16.7 Å². The van der Waals surface area contributed by atoms with E-state index in [0.717, 1.165) is 37.0 Å². The minimum Gasteiger partial charge on any atom is -0.626 e. The number of anilines is 1. The zero-order valence-electron chi connectivity index (χ0n) is 28.0. The van der Waals surface area contributed by atoms with Crippen LogP contribution in [0.15, 0.2) is 53.6 Å². The average molecular weight is 645 g/mol. The largest absolute Gasteiger partial charge is 0.626 e. The summed E-state index contributed by atoms with van der Waals surface area (Å²) in [4.78, 5) is 40.0. The van der Waals surface area contributed by atoms with Gasteiger partial charge in [0, 0.05) is 28.7 Å². The maximum atomic E-state index is 14.7. The Hall–Kier alpha value is -4.49. The van der Waals surface area contributed by atoms with Crippen molar-refractivity contribution in [1.29, 1.82) is 0 Å². The number of carbonyl (C=O) groups excluding carboxylic acids is 3. The molecule has 13 nitrogen and oxygen atoms in total. The molecule has 1 N–H and O–H groups in total. The zero-order valence-corrected chi connectivity index (χ0v) is 28.0. The third-order valence-electron chi connectivity index (χ3n) is 8.34. The summed E-state index contributed by atoms with van der Waals surface area (Å²) >= 11 is 0. The highest BCUT2D eigenvalue weighted by atomic mass is 16.6. The number of esters is 1. The summed E-state index contributed by atoms with van der Waals surface area (Å²) in [6, 6.07) is 14.4. The Morgan fingerprint density at radius 1 is 1.00 bits per heavy atom. The molecule has 1 unspecified atom stereocenters. The van der Waals surface area contributed by atoms with Gasteiger partial charge in [-0.2, -0.15) is 5.10 Å². The molecule has 3 aromatic rings. The van der Waals surface area contributed by atoms with Gasteiger partial charge in [-0.3, -0.25) is 14.4 Å². The van der Waals surface area contributed by atoms with E-state index in [4.69, 9.17) is 9.84 Å². The Kier molecular flexibility index (Phi) is 9.60. The Labute approximate surface area is 275 Å². The molecule has 250 valence electrons. The first-order chi connectivity index (χ1) is 22.1. The van der Waals surface area contributed by atoms with Crippen LogP contribution >= 0.6 is 0 Å². The van der Waals surface area contributed by atoms with Crippen molar-refractivity contribution in [3.05, 3.63) is 59.3 Å². The second kappa shape index (κ2) is 13.3. The number of hydrazone groups is 1. The number of Topliss-reactive ketones (excluding diaryl/α,β-unsaturated/α-hetero) is 1. The number of tetrazole rings is 1. The highest BCUT2D eigenvalue weighted by molar-refractivity contribution is 6.07. The minimum atomic E-state index is -0.929. The van der Waals surface area contributed by atoms with Crippen LogP contribution in [0.1, 0.15) is 72.8 Å². The van der Waals surface area contributed by atoms with E-state index in [0.29, 0.717) is 22.8 Å². The molecule has 2 aromatic carbocycles. The number of hydrogen-bond acceptors (Lipinski definition) is 10. The standard InChI is InChI=1S/C34H44N8O5/c1-33(2,3)28(43)20-42(46)21-40(37-30(23-12-7-8-13-23)26-16-9-10-17-27(26)42)19-29(44)35-25-15-11-14-24(18-25)31-36-39-41(38-31)22-47-32(45)34(4,5)6/h9-11,14-18,23H,7-8,12-13,19-22H2,1-6H3,(H,35,44). The molecule has 1 atom stereocenters. The second-order valence-electron chi connectivity index (χ2n) is 14.4. The number of nitrogens with one attached hydrogen (secondary N) is 1. The number of fused-ring (bicyclic) bond motifs is 1. The number of carbonyl (C=O) groups is 3. The molecule has 2 heterocycles. The van der Waals surface area contributed by atoms with Crippen molar-refractivity contribution < 1.29 is 19.1 Å². The van der Waals surface area contributed by atoms with E-state index in [1.54, 1.807) is 51.1 Å². The molecular formula is C34H44N8O5. The lowest BCUT2D eigenvalue weighted by atomic mass is 9.90. The van der Waals surface area contributed by atoms with Gasteiger partial charge in [-0.15, -0.1) is 15.0 Å². The molecular weight excluding hydrogens is 600 g/mol. The average Bonchev–Trinajstić information content (AvgIpc) is 3.69. The number of hydrogen-bond donors (Lipinski definition) is 1. The van der Waals surface area contributed by atoms with Crippen molar-refractivity contribution in [1.82, 2.24) is 29.9 Å². The van der Waals surface area contributed by atoms with E-state index in [1.807, 2.05) is 39.0 Å². The van der Waals surface area contributed by atoms with Crippen LogP contribution in [0.4, 0.5) is 11.4 Å². The number of hydroxylamine groups is 2. The summed E-state index contributed by atoms with van der Waals surface area (Å²) in [5, 5.41) is 36.4. The Morgan fingerprint density at radius 3 is 2.43 bits per heavy atom. The van der Waals surface area contributed by atoms with Crippen molar-refractivity contribution >= 4 is 34.7 Å². The number of aromatic nitrogens is 4. The van der Waals surface area contributed by atoms with Gasteiger partial charge in [0.2, 0.25) is 18.5 Å². The first-order valence-corrected chi connectivity index (χ1v) is 16.0.